The monoisotopic (exact) mass is 322 g/mol. The van der Waals surface area contributed by atoms with Gasteiger partial charge in [-0.2, -0.15) is 0 Å². The molecule has 0 saturated heterocycles. The van der Waals surface area contributed by atoms with E-state index in [4.69, 9.17) is 4.74 Å². The van der Waals surface area contributed by atoms with E-state index >= 15 is 0 Å². The Morgan fingerprint density at radius 3 is 2.71 bits per heavy atom. The number of hydrogen-bond acceptors (Lipinski definition) is 2. The maximum Gasteiger partial charge on any atom is 0.121 e. The topological polar surface area (TPSA) is 26.2 Å². The Kier molecular flexibility index (Phi) is 5.21. The zero-order chi connectivity index (χ0) is 16.9. The highest BCUT2D eigenvalue weighted by molar-refractivity contribution is 6.08. The fraction of sp³-hybridized carbons (Fsp3) is 0.333. The van der Waals surface area contributed by atoms with Gasteiger partial charge in [0.25, 0.3) is 0 Å². The van der Waals surface area contributed by atoms with Crippen LogP contribution in [0.3, 0.4) is 0 Å². The van der Waals surface area contributed by atoms with Crippen molar-refractivity contribution in [2.75, 3.05) is 13.2 Å². The molecule has 3 heteroatoms. The number of allylic oxidation sites excluding steroid dienone is 1. The predicted molar refractivity (Wildman–Crippen MR) is 103 cm³/mol. The Hall–Kier alpha value is -2.26. The second kappa shape index (κ2) is 7.54. The first-order valence-electron chi connectivity index (χ1n) is 8.69. The lowest BCUT2D eigenvalue weighted by atomic mass is 10.1. The average Bonchev–Trinajstić information content (AvgIpc) is 2.89. The molecule has 0 saturated carbocycles. The number of ether oxygens (including phenoxy) is 1. The van der Waals surface area contributed by atoms with Crippen molar-refractivity contribution >= 4 is 21.8 Å². The van der Waals surface area contributed by atoms with Crippen LogP contribution in [0.15, 0.2) is 55.1 Å². The van der Waals surface area contributed by atoms with Crippen LogP contribution >= 0.6 is 0 Å². The lowest BCUT2D eigenvalue weighted by Gasteiger charge is -2.10. The third-order valence-corrected chi connectivity index (χ3v) is 4.20. The second-order valence-corrected chi connectivity index (χ2v) is 6.41. The lowest BCUT2D eigenvalue weighted by Crippen LogP contribution is -2.24. The molecular weight excluding hydrogens is 296 g/mol. The van der Waals surface area contributed by atoms with Crippen molar-refractivity contribution in [3.8, 4) is 5.75 Å². The molecule has 3 nitrogen and oxygen atoms in total. The van der Waals surface area contributed by atoms with E-state index in [0.717, 1.165) is 31.9 Å². The Morgan fingerprint density at radius 1 is 1.12 bits per heavy atom. The summed E-state index contributed by atoms with van der Waals surface area (Å²) >= 11 is 0. The van der Waals surface area contributed by atoms with Gasteiger partial charge in [0.15, 0.2) is 0 Å². The van der Waals surface area contributed by atoms with Gasteiger partial charge in [-0.1, -0.05) is 38.1 Å². The van der Waals surface area contributed by atoms with Crippen molar-refractivity contribution in [2.24, 2.45) is 0 Å². The maximum absolute atomic E-state index is 5.95. The first-order chi connectivity index (χ1) is 11.7. The van der Waals surface area contributed by atoms with Crippen LogP contribution in [0.4, 0.5) is 0 Å². The molecule has 0 atom stereocenters. The van der Waals surface area contributed by atoms with Crippen LogP contribution in [0.2, 0.25) is 0 Å². The predicted octanol–water partition coefficient (Wildman–Crippen LogP) is 4.75. The summed E-state index contributed by atoms with van der Waals surface area (Å²) in [4.78, 5) is 0. The quantitative estimate of drug-likeness (QED) is 0.478. The van der Waals surface area contributed by atoms with Crippen LogP contribution in [-0.2, 0) is 6.54 Å². The number of fused-ring (bicyclic) bond motifs is 3. The molecule has 0 spiro atoms. The number of hydrogen-bond donors (Lipinski definition) is 1. The molecule has 1 aromatic heterocycles. The summed E-state index contributed by atoms with van der Waals surface area (Å²) in [5.74, 6) is 0.931. The summed E-state index contributed by atoms with van der Waals surface area (Å²) in [5.41, 5.74) is 2.44. The van der Waals surface area contributed by atoms with Crippen molar-refractivity contribution in [2.45, 2.75) is 32.9 Å². The van der Waals surface area contributed by atoms with Gasteiger partial charge in [-0.25, -0.2) is 0 Å². The van der Waals surface area contributed by atoms with Gasteiger partial charge >= 0.3 is 0 Å². The largest absolute Gasteiger partial charge is 0.493 e. The molecule has 0 radical (unpaired) electrons. The molecule has 0 aliphatic rings. The highest BCUT2D eigenvalue weighted by atomic mass is 16.5. The summed E-state index contributed by atoms with van der Waals surface area (Å²) in [7, 11) is 0. The van der Waals surface area contributed by atoms with Crippen LogP contribution in [0.1, 0.15) is 20.3 Å². The van der Waals surface area contributed by atoms with E-state index in [1.165, 1.54) is 21.8 Å². The first kappa shape index (κ1) is 16.6. The van der Waals surface area contributed by atoms with Crippen molar-refractivity contribution in [1.82, 2.24) is 9.88 Å². The minimum absolute atomic E-state index is 0.524. The average molecular weight is 322 g/mol. The minimum atomic E-state index is 0.524. The molecule has 0 fully saturated rings. The molecule has 0 aliphatic heterocycles. The number of benzene rings is 2. The van der Waals surface area contributed by atoms with Gasteiger partial charge in [0.2, 0.25) is 0 Å². The molecule has 1 N–H and O–H groups in total. The van der Waals surface area contributed by atoms with Gasteiger partial charge in [0.1, 0.15) is 5.75 Å². The number of rotatable bonds is 8. The molecule has 1 heterocycles. The molecule has 0 unspecified atom stereocenters. The Balaban J connectivity index is 1.83. The fourth-order valence-corrected chi connectivity index (χ4v) is 3.10. The van der Waals surface area contributed by atoms with Crippen molar-refractivity contribution < 1.29 is 4.74 Å². The number of aromatic nitrogens is 1. The fourth-order valence-electron chi connectivity index (χ4n) is 3.10. The SMILES string of the molecule is C=CCn1c2ccccc2c2ccc(OCCCNC(C)C)cc21. The van der Waals surface area contributed by atoms with E-state index in [1.807, 2.05) is 6.08 Å². The van der Waals surface area contributed by atoms with Crippen molar-refractivity contribution in [3.63, 3.8) is 0 Å². The highest BCUT2D eigenvalue weighted by Crippen LogP contribution is 2.31. The van der Waals surface area contributed by atoms with Gasteiger partial charge < -0.3 is 14.6 Å². The summed E-state index contributed by atoms with van der Waals surface area (Å²) in [5, 5.41) is 5.95. The molecule has 2 aromatic carbocycles. The van der Waals surface area contributed by atoms with Crippen LogP contribution < -0.4 is 10.1 Å². The lowest BCUT2D eigenvalue weighted by molar-refractivity contribution is 0.306. The van der Waals surface area contributed by atoms with Crippen LogP contribution in [0, 0.1) is 0 Å². The van der Waals surface area contributed by atoms with Crippen molar-refractivity contribution in [1.29, 1.82) is 0 Å². The molecule has 24 heavy (non-hydrogen) atoms. The number of nitrogens with zero attached hydrogens (tertiary/aromatic N) is 1. The van der Waals surface area contributed by atoms with E-state index in [-0.39, 0.29) is 0 Å². The zero-order valence-electron chi connectivity index (χ0n) is 14.6. The summed E-state index contributed by atoms with van der Waals surface area (Å²) in [6.07, 6.45) is 2.95. The van der Waals surface area contributed by atoms with Crippen LogP contribution in [-0.4, -0.2) is 23.8 Å². The summed E-state index contributed by atoms with van der Waals surface area (Å²) in [6, 6.07) is 15.4. The molecule has 0 aliphatic carbocycles. The van der Waals surface area contributed by atoms with Crippen LogP contribution in [0.5, 0.6) is 5.75 Å². The van der Waals surface area contributed by atoms with E-state index in [0.29, 0.717) is 6.04 Å². The number of para-hydroxylation sites is 1. The smallest absolute Gasteiger partial charge is 0.121 e. The Labute approximate surface area is 143 Å². The second-order valence-electron chi connectivity index (χ2n) is 6.41. The Morgan fingerprint density at radius 2 is 1.92 bits per heavy atom. The molecule has 3 rings (SSSR count). The normalized spacial score (nSPS) is 11.5. The van der Waals surface area contributed by atoms with Gasteiger partial charge in [0, 0.05) is 34.9 Å². The standard InChI is InChI=1S/C21H26N2O/c1-4-13-23-20-9-6-5-8-18(20)19-11-10-17(15-21(19)23)24-14-7-12-22-16(2)3/h4-6,8-11,15-16,22H,1,7,12-14H2,2-3H3. The third kappa shape index (κ3) is 3.46. The van der Waals surface area contributed by atoms with Crippen LogP contribution in [0.25, 0.3) is 21.8 Å². The third-order valence-electron chi connectivity index (χ3n) is 4.20. The zero-order valence-corrected chi connectivity index (χ0v) is 14.6. The molecule has 3 aromatic rings. The Bertz CT molecular complexity index is 832. The molecular formula is C21H26N2O. The van der Waals surface area contributed by atoms with Gasteiger partial charge in [0.05, 0.1) is 12.1 Å². The van der Waals surface area contributed by atoms with Gasteiger partial charge in [-0.05, 0) is 31.2 Å². The van der Waals surface area contributed by atoms with E-state index < -0.39 is 0 Å². The van der Waals surface area contributed by atoms with E-state index in [2.05, 4.69) is 72.8 Å². The van der Waals surface area contributed by atoms with Gasteiger partial charge in [-0.15, -0.1) is 6.58 Å². The van der Waals surface area contributed by atoms with Crippen molar-refractivity contribution in [3.05, 3.63) is 55.1 Å². The number of nitrogens with one attached hydrogen (secondary N) is 1. The summed E-state index contributed by atoms with van der Waals surface area (Å²) < 4.78 is 8.24. The van der Waals surface area contributed by atoms with Gasteiger partial charge in [-0.3, -0.25) is 0 Å². The summed E-state index contributed by atoms with van der Waals surface area (Å²) in [6.45, 7) is 10.7. The highest BCUT2D eigenvalue weighted by Gasteiger charge is 2.10. The maximum atomic E-state index is 5.95. The minimum Gasteiger partial charge on any atom is -0.493 e. The molecule has 0 amide bonds. The van der Waals surface area contributed by atoms with E-state index in [9.17, 15) is 0 Å². The van der Waals surface area contributed by atoms with E-state index in [1.54, 1.807) is 0 Å². The molecule has 0 bridgehead atoms. The molecule has 126 valence electrons. The first-order valence-corrected chi connectivity index (χ1v) is 8.69.